The Labute approximate surface area is 158 Å². The zero-order chi connectivity index (χ0) is 19.1. The fourth-order valence-electron chi connectivity index (χ4n) is 5.23. The van der Waals surface area contributed by atoms with Gasteiger partial charge in [0, 0.05) is 19.1 Å². The van der Waals surface area contributed by atoms with Crippen LogP contribution < -0.4 is 0 Å². The van der Waals surface area contributed by atoms with E-state index in [-0.39, 0.29) is 5.91 Å². The third-order valence-corrected chi connectivity index (χ3v) is 6.72. The van der Waals surface area contributed by atoms with Crippen molar-refractivity contribution in [2.45, 2.75) is 62.6 Å². The van der Waals surface area contributed by atoms with E-state index in [0.717, 1.165) is 51.5 Å². The fourth-order valence-corrected chi connectivity index (χ4v) is 5.23. The monoisotopic (exact) mass is 380 g/mol. The van der Waals surface area contributed by atoms with E-state index in [2.05, 4.69) is 4.90 Å². The van der Waals surface area contributed by atoms with Gasteiger partial charge in [-0.05, 0) is 56.8 Å². The summed E-state index contributed by atoms with van der Waals surface area (Å²) in [5.41, 5.74) is -0.888. The minimum atomic E-state index is -4.38. The molecule has 1 amide bonds. The third-order valence-electron chi connectivity index (χ3n) is 6.72. The molecule has 3 fully saturated rings. The number of nitrogens with zero attached hydrogens (tertiary/aromatic N) is 2. The maximum atomic E-state index is 13.5. The molecule has 0 spiro atoms. The number of carbonyl (C=O) groups is 1. The second kappa shape index (κ2) is 7.12. The van der Waals surface area contributed by atoms with Gasteiger partial charge in [0.15, 0.2) is 0 Å². The predicted molar refractivity (Wildman–Crippen MR) is 97.4 cm³/mol. The Morgan fingerprint density at radius 3 is 2.41 bits per heavy atom. The molecule has 2 saturated heterocycles. The van der Waals surface area contributed by atoms with E-state index in [1.54, 1.807) is 6.07 Å². The summed E-state index contributed by atoms with van der Waals surface area (Å²) in [4.78, 5) is 17.9. The van der Waals surface area contributed by atoms with Crippen molar-refractivity contribution in [3.8, 4) is 0 Å². The summed E-state index contributed by atoms with van der Waals surface area (Å²) in [6.45, 7) is 3.65. The van der Waals surface area contributed by atoms with E-state index in [1.165, 1.54) is 25.0 Å². The Bertz CT molecular complexity index is 691. The molecule has 1 saturated carbocycles. The van der Waals surface area contributed by atoms with Crippen LogP contribution in [0.3, 0.4) is 0 Å². The van der Waals surface area contributed by atoms with Crippen LogP contribution in [0.4, 0.5) is 13.2 Å². The Morgan fingerprint density at radius 1 is 1.04 bits per heavy atom. The van der Waals surface area contributed by atoms with E-state index < -0.39 is 17.2 Å². The molecule has 6 heteroatoms. The Kier molecular flexibility index (Phi) is 4.95. The standard InChI is InChI=1S/C21H27F3N2O/c22-21(23,24)17-7-5-6-16(14-17)20(9-1-2-10-20)19(27)26-13-8-18(15-26)25-11-3-4-12-25/h5-7,14,18H,1-4,8-13,15H2. The highest BCUT2D eigenvalue weighted by atomic mass is 19.4. The molecule has 3 aliphatic rings. The molecule has 27 heavy (non-hydrogen) atoms. The van der Waals surface area contributed by atoms with Crippen molar-refractivity contribution in [2.75, 3.05) is 26.2 Å². The van der Waals surface area contributed by atoms with E-state index in [9.17, 15) is 18.0 Å². The first-order valence-electron chi connectivity index (χ1n) is 10.1. The van der Waals surface area contributed by atoms with Crippen LogP contribution in [0.5, 0.6) is 0 Å². The number of amides is 1. The maximum absolute atomic E-state index is 13.5. The van der Waals surface area contributed by atoms with Gasteiger partial charge in [-0.2, -0.15) is 13.2 Å². The summed E-state index contributed by atoms with van der Waals surface area (Å²) < 4.78 is 39.6. The summed E-state index contributed by atoms with van der Waals surface area (Å²) in [5.74, 6) is 0.0426. The normalized spacial score (nSPS) is 26.0. The lowest BCUT2D eigenvalue weighted by Gasteiger charge is -2.34. The number of rotatable bonds is 3. The minimum Gasteiger partial charge on any atom is -0.340 e. The van der Waals surface area contributed by atoms with Gasteiger partial charge in [-0.15, -0.1) is 0 Å². The molecule has 1 aromatic rings. The summed E-state index contributed by atoms with van der Waals surface area (Å²) in [5, 5.41) is 0. The number of halogens is 3. The second-order valence-corrected chi connectivity index (χ2v) is 8.30. The van der Waals surface area contributed by atoms with Crippen LogP contribution >= 0.6 is 0 Å². The number of carbonyl (C=O) groups excluding carboxylic acids is 1. The molecule has 0 aromatic heterocycles. The summed E-state index contributed by atoms with van der Waals surface area (Å²) in [6, 6.07) is 5.87. The molecule has 4 rings (SSSR count). The zero-order valence-corrected chi connectivity index (χ0v) is 15.6. The number of alkyl halides is 3. The van der Waals surface area contributed by atoms with Gasteiger partial charge in [-0.1, -0.05) is 31.0 Å². The fraction of sp³-hybridized carbons (Fsp3) is 0.667. The van der Waals surface area contributed by atoms with Crippen molar-refractivity contribution in [1.82, 2.24) is 9.80 Å². The number of hydrogen-bond acceptors (Lipinski definition) is 2. The highest BCUT2D eigenvalue weighted by Gasteiger charge is 2.47. The van der Waals surface area contributed by atoms with Crippen LogP contribution in [0, 0.1) is 0 Å². The Morgan fingerprint density at radius 2 is 1.74 bits per heavy atom. The van der Waals surface area contributed by atoms with E-state index >= 15 is 0 Å². The van der Waals surface area contributed by atoms with Gasteiger partial charge >= 0.3 is 6.18 Å². The van der Waals surface area contributed by atoms with Gasteiger partial charge in [-0.3, -0.25) is 9.69 Å². The van der Waals surface area contributed by atoms with Crippen LogP contribution in [0.15, 0.2) is 24.3 Å². The molecule has 148 valence electrons. The van der Waals surface area contributed by atoms with Crippen LogP contribution in [0.1, 0.15) is 56.1 Å². The largest absolute Gasteiger partial charge is 0.416 e. The first kappa shape index (κ1) is 18.8. The number of benzene rings is 1. The third kappa shape index (κ3) is 3.48. The molecule has 0 bridgehead atoms. The Balaban J connectivity index is 1.58. The number of hydrogen-bond donors (Lipinski definition) is 0. The molecule has 0 N–H and O–H groups in total. The molecule has 1 atom stereocenters. The topological polar surface area (TPSA) is 23.6 Å². The summed E-state index contributed by atoms with van der Waals surface area (Å²) >= 11 is 0. The maximum Gasteiger partial charge on any atom is 0.416 e. The second-order valence-electron chi connectivity index (χ2n) is 8.30. The van der Waals surface area contributed by atoms with E-state index in [4.69, 9.17) is 0 Å². The highest BCUT2D eigenvalue weighted by Crippen LogP contribution is 2.44. The van der Waals surface area contributed by atoms with Crippen molar-refractivity contribution in [3.63, 3.8) is 0 Å². The average molecular weight is 380 g/mol. The van der Waals surface area contributed by atoms with Crippen molar-refractivity contribution in [1.29, 1.82) is 0 Å². The van der Waals surface area contributed by atoms with Crippen LogP contribution in [-0.2, 0) is 16.4 Å². The van der Waals surface area contributed by atoms with E-state index in [1.807, 2.05) is 4.90 Å². The molecule has 3 nitrogen and oxygen atoms in total. The van der Waals surface area contributed by atoms with Crippen molar-refractivity contribution in [3.05, 3.63) is 35.4 Å². The van der Waals surface area contributed by atoms with E-state index in [0.29, 0.717) is 24.4 Å². The molecular weight excluding hydrogens is 353 g/mol. The average Bonchev–Trinajstić information content (AvgIpc) is 3.41. The molecule has 0 radical (unpaired) electrons. The minimum absolute atomic E-state index is 0.0426. The zero-order valence-electron chi connectivity index (χ0n) is 15.6. The highest BCUT2D eigenvalue weighted by molar-refractivity contribution is 5.89. The van der Waals surface area contributed by atoms with Gasteiger partial charge < -0.3 is 4.90 Å². The van der Waals surface area contributed by atoms with Crippen LogP contribution in [0.2, 0.25) is 0 Å². The van der Waals surface area contributed by atoms with Gasteiger partial charge in [0.1, 0.15) is 0 Å². The van der Waals surface area contributed by atoms with Crippen molar-refractivity contribution in [2.24, 2.45) is 0 Å². The molecule has 1 aliphatic carbocycles. The first-order chi connectivity index (χ1) is 12.9. The lowest BCUT2D eigenvalue weighted by molar-refractivity contribution is -0.139. The van der Waals surface area contributed by atoms with Crippen molar-refractivity contribution >= 4 is 5.91 Å². The van der Waals surface area contributed by atoms with Crippen LogP contribution in [0.25, 0.3) is 0 Å². The van der Waals surface area contributed by atoms with Crippen LogP contribution in [-0.4, -0.2) is 47.9 Å². The molecular formula is C21H27F3N2O. The summed E-state index contributed by atoms with van der Waals surface area (Å²) in [6.07, 6.45) is 2.13. The lowest BCUT2D eigenvalue weighted by Crippen LogP contribution is -2.46. The van der Waals surface area contributed by atoms with Crippen molar-refractivity contribution < 1.29 is 18.0 Å². The lowest BCUT2D eigenvalue weighted by atomic mass is 9.77. The smallest absolute Gasteiger partial charge is 0.340 e. The quantitative estimate of drug-likeness (QED) is 0.784. The SMILES string of the molecule is O=C(N1CCC(N2CCCC2)C1)C1(c2cccc(C(F)(F)F)c2)CCCC1. The van der Waals surface area contributed by atoms with Gasteiger partial charge in [0.25, 0.3) is 0 Å². The molecule has 1 aromatic carbocycles. The van der Waals surface area contributed by atoms with Gasteiger partial charge in [-0.25, -0.2) is 0 Å². The Hall–Kier alpha value is -1.56. The molecule has 1 unspecified atom stereocenters. The number of likely N-dealkylation sites (tertiary alicyclic amines) is 2. The first-order valence-corrected chi connectivity index (χ1v) is 10.1. The predicted octanol–water partition coefficient (Wildman–Crippen LogP) is 4.21. The van der Waals surface area contributed by atoms with Gasteiger partial charge in [0.2, 0.25) is 5.91 Å². The summed E-state index contributed by atoms with van der Waals surface area (Å²) in [7, 11) is 0. The van der Waals surface area contributed by atoms with Gasteiger partial charge in [0.05, 0.1) is 11.0 Å². The molecule has 2 heterocycles. The molecule has 2 aliphatic heterocycles.